The maximum Gasteiger partial charge on any atom is 0.136 e. The molecule has 210 valence electrons. The molecule has 1 aromatic heterocycles. The second kappa shape index (κ2) is 10.4. The van der Waals surface area contributed by atoms with E-state index in [1.54, 1.807) is 12.1 Å². The first kappa shape index (κ1) is 18.0. The highest BCUT2D eigenvalue weighted by atomic mass is 16.3. The van der Waals surface area contributed by atoms with Gasteiger partial charge in [-0.15, -0.1) is 0 Å². The van der Waals surface area contributed by atoms with E-state index in [1.807, 2.05) is 103 Å². The Morgan fingerprint density at radius 3 is 1.67 bits per heavy atom. The third kappa shape index (κ3) is 4.09. The topological polar surface area (TPSA) is 13.1 Å². The summed E-state index contributed by atoms with van der Waals surface area (Å²) in [5, 5.41) is 5.04. The van der Waals surface area contributed by atoms with E-state index in [1.165, 1.54) is 0 Å². The summed E-state index contributed by atoms with van der Waals surface area (Å²) in [6.45, 7) is 0. The van der Waals surface area contributed by atoms with Gasteiger partial charge in [0.1, 0.15) is 11.2 Å². The van der Waals surface area contributed by atoms with Gasteiger partial charge >= 0.3 is 0 Å². The molecule has 0 spiro atoms. The van der Waals surface area contributed by atoms with Crippen molar-refractivity contribution in [1.82, 2.24) is 0 Å². The molecule has 0 aliphatic rings. The lowest BCUT2D eigenvalue weighted by Gasteiger charge is -2.20. The molecule has 8 aromatic carbocycles. The minimum Gasteiger partial charge on any atom is -0.456 e. The third-order valence-electron chi connectivity index (χ3n) is 8.49. The standard InChI is InChI=1S/C44H28O/c1-3-14-29(15-4-1)31-26-27-38-41(28-31)45-40-25-13-24-39(44(38)40)43-36-22-11-9-20-34(36)42(35-21-10-12-23-37(35)43)33-19-8-7-18-32(33)30-16-5-2-6-17-30/h1-28H/i1D,3D,4D,7D,8D,14D,15D,18D,19D. The van der Waals surface area contributed by atoms with Crippen LogP contribution >= 0.6 is 0 Å². The molecule has 1 nitrogen and oxygen atoms in total. The van der Waals surface area contributed by atoms with Crippen LogP contribution in [0.15, 0.2) is 174 Å². The lowest BCUT2D eigenvalue weighted by Crippen LogP contribution is -1.93. The second-order valence-corrected chi connectivity index (χ2v) is 10.9. The van der Waals surface area contributed by atoms with Crippen LogP contribution in [0.2, 0.25) is 0 Å². The van der Waals surface area contributed by atoms with Gasteiger partial charge in [-0.25, -0.2) is 0 Å². The minimum atomic E-state index is -0.447. The van der Waals surface area contributed by atoms with Crippen LogP contribution in [0.3, 0.4) is 0 Å². The molecule has 0 radical (unpaired) electrons. The Morgan fingerprint density at radius 1 is 0.378 bits per heavy atom. The number of hydrogen-bond donors (Lipinski definition) is 0. The molecule has 0 saturated carbocycles. The first-order valence-corrected chi connectivity index (χ1v) is 14.7. The molecule has 0 atom stereocenters. The SMILES string of the molecule is [2H]c1c([2H])c([2H])c(-c2ccc3c(c2)oc2cccc(-c4c5ccccc5c(-c5c([2H])c([2H])c([2H])c([2H])c5-c5ccccc5)c5ccccc45)c23)c([2H])c1[2H]. The molecule has 0 bridgehead atoms. The van der Waals surface area contributed by atoms with Gasteiger partial charge in [0.25, 0.3) is 0 Å². The number of fused-ring (bicyclic) bond motifs is 5. The Bertz CT molecular complexity index is 2960. The van der Waals surface area contributed by atoms with Gasteiger partial charge in [-0.1, -0.05) is 151 Å². The first-order chi connectivity index (χ1) is 26.1. The van der Waals surface area contributed by atoms with Gasteiger partial charge < -0.3 is 4.42 Å². The molecule has 9 aromatic rings. The summed E-state index contributed by atoms with van der Waals surface area (Å²) >= 11 is 0. The summed E-state index contributed by atoms with van der Waals surface area (Å²) < 4.78 is 83.6. The van der Waals surface area contributed by atoms with Crippen LogP contribution in [0.1, 0.15) is 12.3 Å². The fourth-order valence-electron chi connectivity index (χ4n) is 6.59. The highest BCUT2D eigenvalue weighted by Gasteiger charge is 2.21. The number of furan rings is 1. The Balaban J connectivity index is 1.37. The smallest absolute Gasteiger partial charge is 0.136 e. The van der Waals surface area contributed by atoms with Gasteiger partial charge in [0.2, 0.25) is 0 Å². The monoisotopic (exact) mass is 581 g/mol. The van der Waals surface area contributed by atoms with Crippen molar-refractivity contribution in [2.75, 3.05) is 0 Å². The molecular formula is C44H28O. The van der Waals surface area contributed by atoms with Gasteiger partial charge in [0.15, 0.2) is 0 Å². The molecule has 0 N–H and O–H groups in total. The predicted octanol–water partition coefficient (Wildman–Crippen LogP) is 12.6. The highest BCUT2D eigenvalue weighted by molar-refractivity contribution is 6.26. The molecule has 1 heteroatoms. The molecule has 9 rings (SSSR count). The zero-order valence-corrected chi connectivity index (χ0v) is 23.9. The molecular weight excluding hydrogens is 544 g/mol. The van der Waals surface area contributed by atoms with Gasteiger partial charge in [-0.3, -0.25) is 0 Å². The quantitative estimate of drug-likeness (QED) is 0.188. The van der Waals surface area contributed by atoms with E-state index in [0.29, 0.717) is 39.0 Å². The van der Waals surface area contributed by atoms with Crippen molar-refractivity contribution in [1.29, 1.82) is 0 Å². The Hall–Kier alpha value is -5.92. The average molecular weight is 582 g/mol. The van der Waals surface area contributed by atoms with Crippen LogP contribution in [-0.4, -0.2) is 0 Å². The van der Waals surface area contributed by atoms with E-state index in [-0.39, 0.29) is 41.8 Å². The first-order valence-electron chi connectivity index (χ1n) is 19.2. The van der Waals surface area contributed by atoms with Crippen molar-refractivity contribution >= 4 is 43.5 Å². The summed E-state index contributed by atoms with van der Waals surface area (Å²) in [6, 6.07) is 33.8. The Labute approximate surface area is 274 Å². The van der Waals surface area contributed by atoms with Crippen molar-refractivity contribution in [2.45, 2.75) is 0 Å². The number of hydrogen-bond acceptors (Lipinski definition) is 1. The fraction of sp³-hybridized carbons (Fsp3) is 0. The van der Waals surface area contributed by atoms with Crippen molar-refractivity contribution in [3.63, 3.8) is 0 Å². The van der Waals surface area contributed by atoms with Crippen molar-refractivity contribution < 1.29 is 16.8 Å². The molecule has 0 fully saturated rings. The predicted molar refractivity (Wildman–Crippen MR) is 190 cm³/mol. The summed E-state index contributed by atoms with van der Waals surface area (Å²) in [7, 11) is 0. The van der Waals surface area contributed by atoms with Crippen LogP contribution in [0.25, 0.3) is 88.0 Å². The summed E-state index contributed by atoms with van der Waals surface area (Å²) in [6.07, 6.45) is 0. The normalized spacial score (nSPS) is 14.4. The Morgan fingerprint density at radius 2 is 0.978 bits per heavy atom. The van der Waals surface area contributed by atoms with E-state index >= 15 is 0 Å². The minimum absolute atomic E-state index is 0.102. The average Bonchev–Trinajstić information content (AvgIpc) is 3.58. The maximum atomic E-state index is 9.29. The van der Waals surface area contributed by atoms with Crippen LogP contribution < -0.4 is 0 Å². The zero-order chi connectivity index (χ0) is 37.6. The molecule has 1 heterocycles. The number of benzene rings is 8. The van der Waals surface area contributed by atoms with Crippen LogP contribution in [0, 0.1) is 0 Å². The van der Waals surface area contributed by atoms with Crippen molar-refractivity contribution in [2.24, 2.45) is 0 Å². The highest BCUT2D eigenvalue weighted by Crippen LogP contribution is 2.48. The van der Waals surface area contributed by atoms with Gasteiger partial charge in [-0.2, -0.15) is 0 Å². The van der Waals surface area contributed by atoms with Gasteiger partial charge in [0.05, 0.1) is 12.3 Å². The van der Waals surface area contributed by atoms with Crippen molar-refractivity contribution in [3.8, 4) is 44.5 Å². The van der Waals surface area contributed by atoms with E-state index in [9.17, 15) is 1.37 Å². The Kier molecular flexibility index (Phi) is 4.15. The molecule has 0 amide bonds. The maximum absolute atomic E-state index is 9.29. The van der Waals surface area contributed by atoms with Crippen LogP contribution in [-0.2, 0) is 0 Å². The van der Waals surface area contributed by atoms with Crippen LogP contribution in [0.5, 0.6) is 0 Å². The molecule has 0 unspecified atom stereocenters. The molecule has 0 aliphatic carbocycles. The lowest BCUT2D eigenvalue weighted by atomic mass is 9.83. The fourth-order valence-corrected chi connectivity index (χ4v) is 6.59. The van der Waals surface area contributed by atoms with Crippen LogP contribution in [0.4, 0.5) is 0 Å². The zero-order valence-electron chi connectivity index (χ0n) is 32.9. The van der Waals surface area contributed by atoms with Gasteiger partial charge in [-0.05, 0) is 84.3 Å². The largest absolute Gasteiger partial charge is 0.456 e. The molecule has 45 heavy (non-hydrogen) atoms. The van der Waals surface area contributed by atoms with E-state index in [2.05, 4.69) is 0 Å². The van der Waals surface area contributed by atoms with E-state index in [4.69, 9.17) is 15.4 Å². The lowest BCUT2D eigenvalue weighted by molar-refractivity contribution is 0.669. The van der Waals surface area contributed by atoms with Gasteiger partial charge in [0, 0.05) is 10.8 Å². The van der Waals surface area contributed by atoms with Crippen molar-refractivity contribution in [3.05, 3.63) is 170 Å². The van der Waals surface area contributed by atoms with E-state index < -0.39 is 18.1 Å². The summed E-state index contributed by atoms with van der Waals surface area (Å²) in [4.78, 5) is 0. The third-order valence-corrected chi connectivity index (χ3v) is 8.49. The van der Waals surface area contributed by atoms with E-state index in [0.717, 1.165) is 43.4 Å². The summed E-state index contributed by atoms with van der Waals surface area (Å²) in [5.41, 5.74) is 5.74. The summed E-state index contributed by atoms with van der Waals surface area (Å²) in [5.74, 6) is 0. The second-order valence-electron chi connectivity index (χ2n) is 10.9. The number of rotatable bonds is 4. The molecule has 0 aliphatic heterocycles. The molecule has 0 saturated heterocycles.